The Morgan fingerprint density at radius 1 is 1.29 bits per heavy atom. The van der Waals surface area contributed by atoms with Gasteiger partial charge in [0.2, 0.25) is 11.2 Å². The molecule has 0 aromatic carbocycles. The van der Waals surface area contributed by atoms with Gasteiger partial charge in [-0.2, -0.15) is 15.0 Å². The number of ether oxygens (including phenoxy) is 1. The Kier molecular flexibility index (Phi) is 3.99. The summed E-state index contributed by atoms with van der Waals surface area (Å²) in [5, 5.41) is 0.169. The molecule has 0 amide bonds. The van der Waals surface area contributed by atoms with Gasteiger partial charge in [0.05, 0.1) is 6.61 Å². The molecule has 1 fully saturated rings. The SMILES string of the molecule is CN(C)c1nc(Cl)nc(OCCC2CCC2)n1. The Morgan fingerprint density at radius 3 is 2.65 bits per heavy atom. The molecule has 0 radical (unpaired) electrons. The van der Waals surface area contributed by atoms with Gasteiger partial charge in [0.1, 0.15) is 0 Å². The van der Waals surface area contributed by atoms with E-state index in [1.165, 1.54) is 19.3 Å². The fourth-order valence-corrected chi connectivity index (χ4v) is 1.83. The zero-order chi connectivity index (χ0) is 12.3. The molecule has 94 valence electrons. The van der Waals surface area contributed by atoms with Crippen LogP contribution in [-0.2, 0) is 0 Å². The lowest BCUT2D eigenvalue weighted by Gasteiger charge is -2.24. The normalized spacial score (nSPS) is 15.5. The number of aromatic nitrogens is 3. The second-order valence-corrected chi connectivity index (χ2v) is 4.85. The highest BCUT2D eigenvalue weighted by Gasteiger charge is 2.17. The first-order valence-corrected chi connectivity index (χ1v) is 6.24. The fraction of sp³-hybridized carbons (Fsp3) is 0.727. The van der Waals surface area contributed by atoms with E-state index in [0.29, 0.717) is 18.6 Å². The Morgan fingerprint density at radius 2 is 2.06 bits per heavy atom. The van der Waals surface area contributed by atoms with Crippen LogP contribution in [0.15, 0.2) is 0 Å². The fourth-order valence-electron chi connectivity index (χ4n) is 1.68. The molecule has 0 atom stereocenters. The Hall–Kier alpha value is -1.10. The lowest BCUT2D eigenvalue weighted by Crippen LogP contribution is -2.17. The molecule has 1 saturated carbocycles. The van der Waals surface area contributed by atoms with Gasteiger partial charge in [0.25, 0.3) is 0 Å². The van der Waals surface area contributed by atoms with E-state index in [4.69, 9.17) is 16.3 Å². The summed E-state index contributed by atoms with van der Waals surface area (Å²) in [4.78, 5) is 13.9. The summed E-state index contributed by atoms with van der Waals surface area (Å²) in [7, 11) is 3.70. The summed E-state index contributed by atoms with van der Waals surface area (Å²) in [6.07, 6.45) is 5.07. The largest absolute Gasteiger partial charge is 0.463 e. The molecule has 0 unspecified atom stereocenters. The number of halogens is 1. The number of hydrogen-bond acceptors (Lipinski definition) is 5. The first-order valence-electron chi connectivity index (χ1n) is 5.87. The van der Waals surface area contributed by atoms with Crippen molar-refractivity contribution in [3.05, 3.63) is 5.28 Å². The van der Waals surface area contributed by atoms with Crippen LogP contribution in [0.3, 0.4) is 0 Å². The van der Waals surface area contributed by atoms with Crippen molar-refractivity contribution in [2.45, 2.75) is 25.7 Å². The molecule has 5 nitrogen and oxygen atoms in total. The van der Waals surface area contributed by atoms with Gasteiger partial charge in [-0.1, -0.05) is 19.3 Å². The van der Waals surface area contributed by atoms with Gasteiger partial charge in [-0.05, 0) is 23.9 Å². The molecule has 0 aliphatic heterocycles. The van der Waals surface area contributed by atoms with Crippen molar-refractivity contribution in [1.29, 1.82) is 0 Å². The molecule has 1 heterocycles. The molecular formula is C11H17ClN4O. The van der Waals surface area contributed by atoms with E-state index in [2.05, 4.69) is 15.0 Å². The summed E-state index contributed by atoms with van der Waals surface area (Å²) in [6, 6.07) is 0.313. The van der Waals surface area contributed by atoms with Crippen LogP contribution < -0.4 is 9.64 Å². The zero-order valence-corrected chi connectivity index (χ0v) is 10.9. The Bertz CT molecular complexity index is 382. The minimum atomic E-state index is 0.169. The van der Waals surface area contributed by atoms with Gasteiger partial charge in [-0.15, -0.1) is 0 Å². The molecule has 0 saturated heterocycles. The molecule has 1 aromatic heterocycles. The first kappa shape index (κ1) is 12.4. The van der Waals surface area contributed by atoms with Crippen LogP contribution in [0.2, 0.25) is 5.28 Å². The van der Waals surface area contributed by atoms with Crippen LogP contribution in [0.25, 0.3) is 0 Å². The van der Waals surface area contributed by atoms with Crippen LogP contribution in [0.5, 0.6) is 6.01 Å². The van der Waals surface area contributed by atoms with E-state index in [1.807, 2.05) is 14.1 Å². The summed E-state index contributed by atoms with van der Waals surface area (Å²) in [5.41, 5.74) is 0. The Labute approximate surface area is 106 Å². The van der Waals surface area contributed by atoms with Crippen molar-refractivity contribution in [1.82, 2.24) is 15.0 Å². The van der Waals surface area contributed by atoms with Crippen LogP contribution >= 0.6 is 11.6 Å². The van der Waals surface area contributed by atoms with Crippen LogP contribution in [0.4, 0.5) is 5.95 Å². The minimum absolute atomic E-state index is 0.169. The molecule has 0 N–H and O–H groups in total. The van der Waals surface area contributed by atoms with E-state index < -0.39 is 0 Å². The number of rotatable bonds is 5. The maximum atomic E-state index is 5.81. The van der Waals surface area contributed by atoms with Crippen molar-refractivity contribution in [2.75, 3.05) is 25.6 Å². The predicted molar refractivity (Wildman–Crippen MR) is 66.6 cm³/mol. The van der Waals surface area contributed by atoms with E-state index >= 15 is 0 Å². The Balaban J connectivity index is 1.90. The molecule has 6 heteroatoms. The number of anilines is 1. The maximum absolute atomic E-state index is 5.81. The molecule has 1 aliphatic carbocycles. The van der Waals surface area contributed by atoms with E-state index in [9.17, 15) is 0 Å². The molecule has 17 heavy (non-hydrogen) atoms. The summed E-state index contributed by atoms with van der Waals surface area (Å²) < 4.78 is 5.51. The monoisotopic (exact) mass is 256 g/mol. The molecule has 2 rings (SSSR count). The third-order valence-corrected chi connectivity index (χ3v) is 3.13. The number of hydrogen-bond donors (Lipinski definition) is 0. The first-order chi connectivity index (χ1) is 8.15. The van der Waals surface area contributed by atoms with Gasteiger partial charge in [-0.25, -0.2) is 0 Å². The molecule has 1 aromatic rings. The van der Waals surface area contributed by atoms with Crippen molar-refractivity contribution in [2.24, 2.45) is 5.92 Å². The van der Waals surface area contributed by atoms with E-state index in [0.717, 1.165) is 12.3 Å². The zero-order valence-electron chi connectivity index (χ0n) is 10.2. The predicted octanol–water partition coefficient (Wildman–Crippen LogP) is 2.16. The van der Waals surface area contributed by atoms with Crippen molar-refractivity contribution < 1.29 is 4.74 Å². The van der Waals surface area contributed by atoms with Crippen LogP contribution in [0, 0.1) is 5.92 Å². The second kappa shape index (κ2) is 5.49. The standard InChI is InChI=1S/C11H17ClN4O/c1-16(2)10-13-9(12)14-11(15-10)17-7-6-8-4-3-5-8/h8H,3-7H2,1-2H3. The average Bonchev–Trinajstić information content (AvgIpc) is 2.21. The molecule has 0 spiro atoms. The highest BCUT2D eigenvalue weighted by atomic mass is 35.5. The molecular weight excluding hydrogens is 240 g/mol. The lowest BCUT2D eigenvalue weighted by atomic mass is 9.83. The highest BCUT2D eigenvalue weighted by molar-refractivity contribution is 6.28. The maximum Gasteiger partial charge on any atom is 0.322 e. The molecule has 1 aliphatic rings. The van der Waals surface area contributed by atoms with E-state index in [1.54, 1.807) is 4.90 Å². The number of nitrogens with zero attached hydrogens (tertiary/aromatic N) is 4. The second-order valence-electron chi connectivity index (χ2n) is 4.52. The quantitative estimate of drug-likeness (QED) is 0.808. The van der Waals surface area contributed by atoms with Crippen molar-refractivity contribution in [3.63, 3.8) is 0 Å². The lowest BCUT2D eigenvalue weighted by molar-refractivity contribution is 0.211. The van der Waals surface area contributed by atoms with Crippen LogP contribution in [-0.4, -0.2) is 35.7 Å². The molecule has 0 bridgehead atoms. The van der Waals surface area contributed by atoms with Gasteiger partial charge in [0.15, 0.2) is 0 Å². The minimum Gasteiger partial charge on any atom is -0.463 e. The average molecular weight is 257 g/mol. The summed E-state index contributed by atoms with van der Waals surface area (Å²) in [5.74, 6) is 1.34. The van der Waals surface area contributed by atoms with E-state index in [-0.39, 0.29) is 5.28 Å². The van der Waals surface area contributed by atoms with Crippen LogP contribution in [0.1, 0.15) is 25.7 Å². The topological polar surface area (TPSA) is 51.1 Å². The third-order valence-electron chi connectivity index (χ3n) is 2.96. The van der Waals surface area contributed by atoms with Crippen molar-refractivity contribution in [3.8, 4) is 6.01 Å². The third kappa shape index (κ3) is 3.43. The highest BCUT2D eigenvalue weighted by Crippen LogP contribution is 2.29. The van der Waals surface area contributed by atoms with Gasteiger partial charge in [0, 0.05) is 14.1 Å². The summed E-state index contributed by atoms with van der Waals surface area (Å²) >= 11 is 5.81. The smallest absolute Gasteiger partial charge is 0.322 e. The van der Waals surface area contributed by atoms with Gasteiger partial charge >= 0.3 is 6.01 Å². The summed E-state index contributed by atoms with van der Waals surface area (Å²) in [6.45, 7) is 0.651. The van der Waals surface area contributed by atoms with Gasteiger partial charge in [-0.3, -0.25) is 0 Å². The van der Waals surface area contributed by atoms with Crippen molar-refractivity contribution >= 4 is 17.5 Å². The van der Waals surface area contributed by atoms with Gasteiger partial charge < -0.3 is 9.64 Å².